The first-order valence-electron chi connectivity index (χ1n) is 5.93. The van der Waals surface area contributed by atoms with Crippen LogP contribution in [0.1, 0.15) is 12.5 Å². The summed E-state index contributed by atoms with van der Waals surface area (Å²) >= 11 is 5.09. The van der Waals surface area contributed by atoms with Gasteiger partial charge in [0.25, 0.3) is 0 Å². The van der Waals surface area contributed by atoms with E-state index in [0.29, 0.717) is 5.11 Å². The van der Waals surface area contributed by atoms with E-state index < -0.39 is 0 Å². The van der Waals surface area contributed by atoms with Crippen LogP contribution in [0.15, 0.2) is 18.2 Å². The maximum absolute atomic E-state index is 5.26. The van der Waals surface area contributed by atoms with Crippen molar-refractivity contribution in [3.8, 4) is 11.5 Å². The lowest BCUT2D eigenvalue weighted by molar-refractivity contribution is 0.354. The van der Waals surface area contributed by atoms with Crippen LogP contribution in [0.25, 0.3) is 0 Å². The summed E-state index contributed by atoms with van der Waals surface area (Å²) in [6, 6.07) is 5.92. The minimum atomic E-state index is 0.693. The Kier molecular flexibility index (Phi) is 6.28. The van der Waals surface area contributed by atoms with Gasteiger partial charge in [-0.05, 0) is 43.3 Å². The zero-order valence-electron chi connectivity index (χ0n) is 11.1. The number of ether oxygens (including phenoxy) is 2. The van der Waals surface area contributed by atoms with Gasteiger partial charge in [-0.3, -0.25) is 0 Å². The molecule has 0 saturated heterocycles. The summed E-state index contributed by atoms with van der Waals surface area (Å²) in [7, 11) is 3.27. The van der Waals surface area contributed by atoms with Crippen LogP contribution in [0.3, 0.4) is 0 Å². The standard InChI is InChI=1S/C13H20N2O2S/c1-4-14-13(18)15-8-7-10-5-6-11(16-2)12(9-10)17-3/h5-6,9H,4,7-8H2,1-3H3,(H2,14,15,18). The second-order valence-corrected chi connectivity index (χ2v) is 4.13. The maximum Gasteiger partial charge on any atom is 0.166 e. The highest BCUT2D eigenvalue weighted by molar-refractivity contribution is 7.80. The fourth-order valence-electron chi connectivity index (χ4n) is 1.58. The molecule has 0 fully saturated rings. The largest absolute Gasteiger partial charge is 0.493 e. The molecule has 0 aromatic heterocycles. The van der Waals surface area contributed by atoms with Gasteiger partial charge in [0.2, 0.25) is 0 Å². The number of hydrogen-bond acceptors (Lipinski definition) is 3. The molecule has 0 aliphatic heterocycles. The molecule has 4 nitrogen and oxygen atoms in total. The van der Waals surface area contributed by atoms with Crippen molar-refractivity contribution in [3.05, 3.63) is 23.8 Å². The van der Waals surface area contributed by atoms with E-state index in [1.807, 2.05) is 25.1 Å². The molecule has 0 bridgehead atoms. The van der Waals surface area contributed by atoms with E-state index >= 15 is 0 Å². The van der Waals surface area contributed by atoms with E-state index in [4.69, 9.17) is 21.7 Å². The molecule has 0 atom stereocenters. The third-order valence-corrected chi connectivity index (χ3v) is 2.77. The number of hydrogen-bond donors (Lipinski definition) is 2. The van der Waals surface area contributed by atoms with Crippen LogP contribution in [-0.4, -0.2) is 32.4 Å². The molecule has 5 heteroatoms. The summed E-state index contributed by atoms with van der Waals surface area (Å²) in [6.07, 6.45) is 0.881. The smallest absolute Gasteiger partial charge is 0.166 e. The normalized spacial score (nSPS) is 9.72. The minimum absolute atomic E-state index is 0.693. The van der Waals surface area contributed by atoms with E-state index in [9.17, 15) is 0 Å². The van der Waals surface area contributed by atoms with Crippen LogP contribution in [0, 0.1) is 0 Å². The third kappa shape index (κ3) is 4.41. The van der Waals surface area contributed by atoms with Gasteiger partial charge in [-0.15, -0.1) is 0 Å². The van der Waals surface area contributed by atoms with Gasteiger partial charge in [0.1, 0.15) is 0 Å². The van der Waals surface area contributed by atoms with Crippen LogP contribution in [0.5, 0.6) is 11.5 Å². The van der Waals surface area contributed by atoms with E-state index in [1.165, 1.54) is 5.56 Å². The number of rotatable bonds is 6. The second-order valence-electron chi connectivity index (χ2n) is 3.73. The van der Waals surface area contributed by atoms with E-state index in [0.717, 1.165) is 31.0 Å². The van der Waals surface area contributed by atoms with Gasteiger partial charge < -0.3 is 20.1 Å². The van der Waals surface area contributed by atoms with Crippen molar-refractivity contribution in [2.75, 3.05) is 27.3 Å². The molecule has 0 radical (unpaired) electrons. The molecule has 1 aromatic rings. The lowest BCUT2D eigenvalue weighted by Gasteiger charge is -2.11. The van der Waals surface area contributed by atoms with Gasteiger partial charge in [0.05, 0.1) is 14.2 Å². The fraction of sp³-hybridized carbons (Fsp3) is 0.462. The first-order chi connectivity index (χ1) is 8.71. The third-order valence-electron chi connectivity index (χ3n) is 2.48. The predicted molar refractivity (Wildman–Crippen MR) is 77.5 cm³/mol. The van der Waals surface area contributed by atoms with Gasteiger partial charge in [0.15, 0.2) is 16.6 Å². The monoisotopic (exact) mass is 268 g/mol. The van der Waals surface area contributed by atoms with E-state index in [-0.39, 0.29) is 0 Å². The molecule has 0 saturated carbocycles. The average Bonchev–Trinajstić information content (AvgIpc) is 2.38. The zero-order chi connectivity index (χ0) is 13.4. The Balaban J connectivity index is 2.50. The Labute approximate surface area is 114 Å². The van der Waals surface area contributed by atoms with E-state index in [2.05, 4.69) is 10.6 Å². The molecule has 0 heterocycles. The average molecular weight is 268 g/mol. The van der Waals surface area contributed by atoms with Crippen molar-refractivity contribution in [2.45, 2.75) is 13.3 Å². The second kappa shape index (κ2) is 7.76. The Morgan fingerprint density at radius 2 is 1.89 bits per heavy atom. The van der Waals surface area contributed by atoms with Crippen LogP contribution >= 0.6 is 12.2 Å². The molecule has 18 heavy (non-hydrogen) atoms. The van der Waals surface area contributed by atoms with Crippen LogP contribution in [-0.2, 0) is 6.42 Å². The highest BCUT2D eigenvalue weighted by Crippen LogP contribution is 2.27. The molecule has 0 aliphatic carbocycles. The maximum atomic E-state index is 5.26. The molecule has 1 rings (SSSR count). The first kappa shape index (κ1) is 14.6. The Bertz CT molecular complexity index is 397. The molecular weight excluding hydrogens is 248 g/mol. The zero-order valence-corrected chi connectivity index (χ0v) is 11.9. The Morgan fingerprint density at radius 3 is 2.50 bits per heavy atom. The SMILES string of the molecule is CCNC(=S)NCCc1ccc(OC)c(OC)c1. The Hall–Kier alpha value is -1.49. The lowest BCUT2D eigenvalue weighted by Crippen LogP contribution is -2.36. The molecule has 0 amide bonds. The summed E-state index contributed by atoms with van der Waals surface area (Å²) in [6.45, 7) is 3.64. The van der Waals surface area contributed by atoms with Gasteiger partial charge >= 0.3 is 0 Å². The van der Waals surface area contributed by atoms with Crippen LogP contribution in [0.2, 0.25) is 0 Å². The van der Waals surface area contributed by atoms with Crippen molar-refractivity contribution in [1.82, 2.24) is 10.6 Å². The minimum Gasteiger partial charge on any atom is -0.493 e. The summed E-state index contributed by atoms with van der Waals surface area (Å²) in [5.74, 6) is 1.50. The van der Waals surface area contributed by atoms with E-state index in [1.54, 1.807) is 14.2 Å². The summed E-state index contributed by atoms with van der Waals surface area (Å²) in [5.41, 5.74) is 1.18. The summed E-state index contributed by atoms with van der Waals surface area (Å²) in [5, 5.41) is 6.89. The van der Waals surface area contributed by atoms with Gasteiger partial charge in [-0.2, -0.15) is 0 Å². The van der Waals surface area contributed by atoms with Gasteiger partial charge in [-0.1, -0.05) is 6.07 Å². The molecule has 0 unspecified atom stereocenters. The molecule has 0 aliphatic rings. The fourth-order valence-corrected chi connectivity index (χ4v) is 1.83. The highest BCUT2D eigenvalue weighted by Gasteiger charge is 2.04. The number of methoxy groups -OCH3 is 2. The number of thiocarbonyl (C=S) groups is 1. The van der Waals surface area contributed by atoms with Crippen molar-refractivity contribution >= 4 is 17.3 Å². The van der Waals surface area contributed by atoms with Crippen LogP contribution < -0.4 is 20.1 Å². The van der Waals surface area contributed by atoms with Crippen molar-refractivity contribution < 1.29 is 9.47 Å². The number of nitrogens with one attached hydrogen (secondary N) is 2. The topological polar surface area (TPSA) is 42.5 Å². The van der Waals surface area contributed by atoms with Crippen LogP contribution in [0.4, 0.5) is 0 Å². The Morgan fingerprint density at radius 1 is 1.17 bits per heavy atom. The lowest BCUT2D eigenvalue weighted by atomic mass is 10.1. The van der Waals surface area contributed by atoms with Crippen molar-refractivity contribution in [1.29, 1.82) is 0 Å². The highest BCUT2D eigenvalue weighted by atomic mass is 32.1. The predicted octanol–water partition coefficient (Wildman–Crippen LogP) is 1.73. The summed E-state index contributed by atoms with van der Waals surface area (Å²) < 4.78 is 10.5. The van der Waals surface area contributed by atoms with Crippen molar-refractivity contribution in [2.24, 2.45) is 0 Å². The molecule has 0 spiro atoms. The molecule has 1 aromatic carbocycles. The number of benzene rings is 1. The first-order valence-corrected chi connectivity index (χ1v) is 6.34. The van der Waals surface area contributed by atoms with Gasteiger partial charge in [-0.25, -0.2) is 0 Å². The summed E-state index contributed by atoms with van der Waals surface area (Å²) in [4.78, 5) is 0. The van der Waals surface area contributed by atoms with Crippen molar-refractivity contribution in [3.63, 3.8) is 0 Å². The quantitative estimate of drug-likeness (QED) is 0.769. The molecule has 100 valence electrons. The molecule has 2 N–H and O–H groups in total. The van der Waals surface area contributed by atoms with Gasteiger partial charge in [0, 0.05) is 13.1 Å². The molecular formula is C13H20N2O2S.